The molecule has 30 heavy (non-hydrogen) atoms. The van der Waals surface area contributed by atoms with Crippen LogP contribution in [-0.4, -0.2) is 65.6 Å². The summed E-state index contributed by atoms with van der Waals surface area (Å²) in [5.41, 5.74) is -2.58. The smallest absolute Gasteiger partial charge is 0.506 e. The van der Waals surface area contributed by atoms with Crippen molar-refractivity contribution in [3.63, 3.8) is 0 Å². The Hall–Kier alpha value is -3.19. The Morgan fingerprint density at radius 2 is 1.77 bits per heavy atom. The molecule has 1 aliphatic rings. The molecule has 1 aromatic rings. The van der Waals surface area contributed by atoms with Gasteiger partial charge in [-0.25, -0.2) is 4.39 Å². The molecule has 0 aliphatic carbocycles. The van der Waals surface area contributed by atoms with Crippen molar-refractivity contribution in [2.24, 2.45) is 0 Å². The number of amides is 2. The Morgan fingerprint density at radius 3 is 2.37 bits per heavy atom. The number of hydrogen-bond donors (Lipinski definition) is 4. The second-order valence-electron chi connectivity index (χ2n) is 6.20. The topological polar surface area (TPSA) is 168 Å². The average molecular weight is 445 g/mol. The van der Waals surface area contributed by atoms with Crippen molar-refractivity contribution in [2.75, 3.05) is 13.0 Å². The van der Waals surface area contributed by atoms with E-state index in [9.17, 15) is 28.4 Å². The monoisotopic (exact) mass is 444 g/mol. The zero-order valence-electron chi connectivity index (χ0n) is 15.1. The molecule has 0 radical (unpaired) electrons. The number of carboxylic acids is 2. The van der Waals surface area contributed by atoms with E-state index in [1.54, 1.807) is 0 Å². The van der Waals surface area contributed by atoms with E-state index in [0.717, 1.165) is 12.1 Å². The van der Waals surface area contributed by atoms with Crippen LogP contribution in [0.4, 0.5) is 4.39 Å². The number of carbonyl (C=O) groups excluding carboxylic acids is 3. The minimum Gasteiger partial charge on any atom is -0.506 e. The quantitative estimate of drug-likeness (QED) is 0.371. The fraction of sp³-hybridized carbons (Fsp3) is 0.312. The minimum atomic E-state index is -2.22. The van der Waals surface area contributed by atoms with Crippen LogP contribution in [0.2, 0.25) is 5.02 Å². The third-order valence-corrected chi connectivity index (χ3v) is 4.12. The van der Waals surface area contributed by atoms with Gasteiger partial charge in [0.25, 0.3) is 5.91 Å². The number of benzene rings is 1. The largest absolute Gasteiger partial charge is 0.548 e. The molecule has 1 heterocycles. The van der Waals surface area contributed by atoms with Crippen LogP contribution in [0.3, 0.4) is 0 Å². The number of halogens is 2. The second kappa shape index (κ2) is 9.54. The molecule has 0 saturated carbocycles. The molecular weight excluding hydrogens is 429 g/mol. The Morgan fingerprint density at radius 1 is 1.13 bits per heavy atom. The summed E-state index contributed by atoms with van der Waals surface area (Å²) in [6.07, 6.45) is -2.32. The molecule has 0 unspecified atom stereocenters. The SMILES string of the molecule is O=C(O)CC1(CC(=O)O)OB(CNC(=O)CNC(=O)c2cc(Cl)ccc2F)OC1=O. The molecule has 11 nitrogen and oxygen atoms in total. The summed E-state index contributed by atoms with van der Waals surface area (Å²) in [6, 6.07) is 3.32. The zero-order valence-corrected chi connectivity index (χ0v) is 15.9. The van der Waals surface area contributed by atoms with Crippen LogP contribution in [-0.2, 0) is 28.5 Å². The lowest BCUT2D eigenvalue weighted by atomic mass is 9.89. The zero-order chi connectivity index (χ0) is 22.5. The van der Waals surface area contributed by atoms with E-state index in [0.29, 0.717) is 0 Å². The number of carboxylic acid groups (broad SMARTS) is 2. The first-order valence-corrected chi connectivity index (χ1v) is 8.72. The van der Waals surface area contributed by atoms with Gasteiger partial charge in [0.05, 0.1) is 31.4 Å². The molecule has 2 amide bonds. The molecule has 0 aromatic heterocycles. The maximum atomic E-state index is 13.6. The second-order valence-corrected chi connectivity index (χ2v) is 6.64. The van der Waals surface area contributed by atoms with Gasteiger partial charge in [0.2, 0.25) is 5.91 Å². The van der Waals surface area contributed by atoms with Gasteiger partial charge in [0, 0.05) is 5.02 Å². The third kappa shape index (κ3) is 5.91. The molecule has 0 atom stereocenters. The molecule has 2 rings (SSSR count). The molecule has 4 N–H and O–H groups in total. The summed E-state index contributed by atoms with van der Waals surface area (Å²) >= 11 is 5.69. The van der Waals surface area contributed by atoms with Crippen LogP contribution in [0, 0.1) is 5.82 Å². The number of aliphatic carboxylic acids is 2. The summed E-state index contributed by atoms with van der Waals surface area (Å²) in [4.78, 5) is 57.6. The van der Waals surface area contributed by atoms with Crippen LogP contribution < -0.4 is 10.6 Å². The van der Waals surface area contributed by atoms with Gasteiger partial charge in [-0.1, -0.05) is 11.6 Å². The summed E-state index contributed by atoms with van der Waals surface area (Å²) < 4.78 is 23.6. The van der Waals surface area contributed by atoms with Crippen molar-refractivity contribution < 1.29 is 47.9 Å². The molecule has 1 fully saturated rings. The highest BCUT2D eigenvalue weighted by Gasteiger charge is 2.55. The van der Waals surface area contributed by atoms with Crippen LogP contribution in [0.5, 0.6) is 0 Å². The lowest BCUT2D eigenvalue weighted by molar-refractivity contribution is -0.157. The first-order chi connectivity index (χ1) is 14.0. The van der Waals surface area contributed by atoms with Gasteiger partial charge in [-0.15, -0.1) is 0 Å². The third-order valence-electron chi connectivity index (χ3n) is 3.89. The highest BCUT2D eigenvalue weighted by atomic mass is 35.5. The summed E-state index contributed by atoms with van der Waals surface area (Å²) in [5.74, 6) is -6.63. The van der Waals surface area contributed by atoms with Gasteiger partial charge < -0.3 is 30.2 Å². The Kier molecular flexibility index (Phi) is 7.35. The molecular formula is C16H15BClFN2O9. The minimum absolute atomic E-state index is 0.123. The summed E-state index contributed by atoms with van der Waals surface area (Å²) in [7, 11) is -1.43. The van der Waals surface area contributed by atoms with Gasteiger partial charge in [-0.3, -0.25) is 24.0 Å². The summed E-state index contributed by atoms with van der Waals surface area (Å²) in [5, 5.41) is 22.3. The molecule has 1 aliphatic heterocycles. The lowest BCUT2D eigenvalue weighted by Gasteiger charge is -2.20. The van der Waals surface area contributed by atoms with Gasteiger partial charge in [0.1, 0.15) is 5.82 Å². The average Bonchev–Trinajstić information content (AvgIpc) is 2.93. The molecule has 1 aromatic carbocycles. The van der Waals surface area contributed by atoms with E-state index < -0.39 is 74.1 Å². The van der Waals surface area contributed by atoms with Crippen LogP contribution in [0.1, 0.15) is 23.2 Å². The number of rotatable bonds is 9. The van der Waals surface area contributed by atoms with Gasteiger partial charge >= 0.3 is 25.0 Å². The first kappa shape index (κ1) is 23.1. The van der Waals surface area contributed by atoms with E-state index in [4.69, 9.17) is 31.1 Å². The summed E-state index contributed by atoms with van der Waals surface area (Å²) in [6.45, 7) is -0.569. The predicted molar refractivity (Wildman–Crippen MR) is 96.9 cm³/mol. The number of hydrogen-bond acceptors (Lipinski definition) is 7. The van der Waals surface area contributed by atoms with Crippen LogP contribution >= 0.6 is 11.6 Å². The maximum Gasteiger partial charge on any atom is 0.548 e. The molecule has 0 spiro atoms. The highest BCUT2D eigenvalue weighted by Crippen LogP contribution is 2.30. The van der Waals surface area contributed by atoms with Crippen molar-refractivity contribution in [2.45, 2.75) is 18.4 Å². The van der Waals surface area contributed by atoms with Gasteiger partial charge in [-0.2, -0.15) is 0 Å². The standard InChI is InChI=1S/C16H15BClFN2O9/c18-8-1-2-10(19)9(3-8)14(27)20-6-11(22)21-7-17-29-15(28)16(30-17,4-12(23)24)5-13(25)26/h1-3H,4-7H2,(H,20,27)(H,21,22)(H,23,24)(H,25,26). The van der Waals surface area contributed by atoms with Gasteiger partial charge in [-0.05, 0) is 18.2 Å². The number of nitrogens with one attached hydrogen (secondary N) is 2. The number of carbonyl (C=O) groups is 5. The Bertz CT molecular complexity index is 881. The fourth-order valence-electron chi connectivity index (χ4n) is 2.60. The Labute approximate surface area is 173 Å². The van der Waals surface area contributed by atoms with E-state index in [-0.39, 0.29) is 10.6 Å². The van der Waals surface area contributed by atoms with E-state index in [2.05, 4.69) is 10.6 Å². The first-order valence-electron chi connectivity index (χ1n) is 8.35. The van der Waals surface area contributed by atoms with Crippen LogP contribution in [0.25, 0.3) is 0 Å². The van der Waals surface area contributed by atoms with Crippen LogP contribution in [0.15, 0.2) is 18.2 Å². The molecule has 160 valence electrons. The van der Waals surface area contributed by atoms with Gasteiger partial charge in [0.15, 0.2) is 5.60 Å². The predicted octanol–water partition coefficient (Wildman–Crippen LogP) is -0.386. The lowest BCUT2D eigenvalue weighted by Crippen LogP contribution is -2.44. The van der Waals surface area contributed by atoms with E-state index in [1.807, 2.05) is 0 Å². The van der Waals surface area contributed by atoms with E-state index in [1.165, 1.54) is 6.07 Å². The van der Waals surface area contributed by atoms with E-state index >= 15 is 0 Å². The van der Waals surface area contributed by atoms with Crippen molar-refractivity contribution in [1.82, 2.24) is 10.6 Å². The molecule has 14 heteroatoms. The highest BCUT2D eigenvalue weighted by molar-refractivity contribution is 6.50. The van der Waals surface area contributed by atoms with Crippen molar-refractivity contribution in [1.29, 1.82) is 0 Å². The van der Waals surface area contributed by atoms with Crippen molar-refractivity contribution in [3.8, 4) is 0 Å². The Balaban J connectivity index is 1.88. The molecule has 1 saturated heterocycles. The van der Waals surface area contributed by atoms with Crippen molar-refractivity contribution >= 4 is 48.4 Å². The maximum absolute atomic E-state index is 13.6. The fourth-order valence-corrected chi connectivity index (χ4v) is 2.77. The normalized spacial score (nSPS) is 14.7. The molecule has 0 bridgehead atoms. The van der Waals surface area contributed by atoms with Crippen molar-refractivity contribution in [3.05, 3.63) is 34.6 Å².